The number of halogens is 2. The molecule has 0 unspecified atom stereocenters. The lowest BCUT2D eigenvalue weighted by molar-refractivity contribution is 0.0398. The van der Waals surface area contributed by atoms with Gasteiger partial charge in [-0.2, -0.15) is 0 Å². The van der Waals surface area contributed by atoms with Crippen molar-refractivity contribution in [2.75, 3.05) is 55.8 Å². The molecule has 25 heavy (non-hydrogen) atoms. The van der Waals surface area contributed by atoms with Gasteiger partial charge < -0.3 is 21.1 Å². The van der Waals surface area contributed by atoms with Crippen molar-refractivity contribution < 1.29 is 4.74 Å². The molecule has 0 saturated carbocycles. The van der Waals surface area contributed by atoms with Crippen LogP contribution in [0.5, 0.6) is 0 Å². The molecular formula is C16H20Cl2N6O. The second kappa shape index (κ2) is 8.53. The second-order valence-electron chi connectivity index (χ2n) is 5.65. The molecule has 1 aromatic carbocycles. The lowest BCUT2D eigenvalue weighted by Gasteiger charge is -2.26. The van der Waals surface area contributed by atoms with Crippen LogP contribution in [0.25, 0.3) is 0 Å². The highest BCUT2D eigenvalue weighted by atomic mass is 35.5. The summed E-state index contributed by atoms with van der Waals surface area (Å²) in [6.07, 6.45) is 1.46. The van der Waals surface area contributed by atoms with Gasteiger partial charge in [-0.05, 0) is 18.2 Å². The van der Waals surface area contributed by atoms with Crippen LogP contribution in [0.3, 0.4) is 0 Å². The van der Waals surface area contributed by atoms with E-state index >= 15 is 0 Å². The van der Waals surface area contributed by atoms with E-state index in [9.17, 15) is 0 Å². The van der Waals surface area contributed by atoms with Crippen molar-refractivity contribution in [1.29, 1.82) is 0 Å². The molecule has 0 aliphatic carbocycles. The number of hydrogen-bond acceptors (Lipinski definition) is 7. The van der Waals surface area contributed by atoms with Crippen molar-refractivity contribution in [3.63, 3.8) is 0 Å². The summed E-state index contributed by atoms with van der Waals surface area (Å²) in [6.45, 7) is 5.10. The average molecular weight is 383 g/mol. The summed E-state index contributed by atoms with van der Waals surface area (Å²) >= 11 is 12.0. The van der Waals surface area contributed by atoms with Gasteiger partial charge in [0.25, 0.3) is 0 Å². The number of rotatable bonds is 6. The van der Waals surface area contributed by atoms with Gasteiger partial charge in [0.1, 0.15) is 12.0 Å². The first kappa shape index (κ1) is 18.0. The molecule has 9 heteroatoms. The SMILES string of the molecule is Nc1c(NCCN2CCOCC2)ncnc1Nc1cc(Cl)cc(Cl)c1. The Labute approximate surface area is 156 Å². The highest BCUT2D eigenvalue weighted by molar-refractivity contribution is 6.35. The Morgan fingerprint density at radius 1 is 1.08 bits per heavy atom. The molecule has 4 N–H and O–H groups in total. The lowest BCUT2D eigenvalue weighted by Crippen LogP contribution is -2.39. The molecule has 7 nitrogen and oxygen atoms in total. The maximum atomic E-state index is 6.18. The van der Waals surface area contributed by atoms with E-state index in [0.29, 0.717) is 33.1 Å². The van der Waals surface area contributed by atoms with E-state index in [4.69, 9.17) is 33.7 Å². The van der Waals surface area contributed by atoms with Crippen LogP contribution < -0.4 is 16.4 Å². The number of benzene rings is 1. The summed E-state index contributed by atoms with van der Waals surface area (Å²) in [7, 11) is 0. The van der Waals surface area contributed by atoms with Crippen LogP contribution in [-0.4, -0.2) is 54.3 Å². The quantitative estimate of drug-likeness (QED) is 0.707. The Balaban J connectivity index is 1.63. The van der Waals surface area contributed by atoms with Crippen molar-refractivity contribution in [3.05, 3.63) is 34.6 Å². The number of aromatic nitrogens is 2. The van der Waals surface area contributed by atoms with Crippen molar-refractivity contribution >= 4 is 46.2 Å². The topological polar surface area (TPSA) is 88.3 Å². The fourth-order valence-corrected chi connectivity index (χ4v) is 3.08. The Morgan fingerprint density at radius 2 is 1.76 bits per heavy atom. The van der Waals surface area contributed by atoms with Gasteiger partial charge >= 0.3 is 0 Å². The van der Waals surface area contributed by atoms with Crippen LogP contribution in [0.15, 0.2) is 24.5 Å². The molecule has 3 rings (SSSR count). The standard InChI is InChI=1S/C16H20Cl2N6O/c17-11-7-12(18)9-13(8-11)23-16-14(19)15(21-10-22-16)20-1-2-24-3-5-25-6-4-24/h7-10H,1-6,19H2,(H2,20,21,22,23). The molecule has 0 amide bonds. The molecule has 134 valence electrons. The first-order valence-corrected chi connectivity index (χ1v) is 8.75. The zero-order chi connectivity index (χ0) is 17.6. The monoisotopic (exact) mass is 382 g/mol. The van der Waals surface area contributed by atoms with Crippen LogP contribution >= 0.6 is 23.2 Å². The van der Waals surface area contributed by atoms with Crippen molar-refractivity contribution in [3.8, 4) is 0 Å². The third-order valence-corrected chi connectivity index (χ3v) is 4.27. The number of nitrogens with two attached hydrogens (primary N) is 1. The molecule has 0 spiro atoms. The zero-order valence-corrected chi connectivity index (χ0v) is 15.1. The van der Waals surface area contributed by atoms with E-state index in [1.165, 1.54) is 6.33 Å². The van der Waals surface area contributed by atoms with Crippen LogP contribution in [0.2, 0.25) is 10.0 Å². The van der Waals surface area contributed by atoms with E-state index in [1.54, 1.807) is 18.2 Å². The van der Waals surface area contributed by atoms with Gasteiger partial charge in [-0.3, -0.25) is 4.90 Å². The van der Waals surface area contributed by atoms with Crippen LogP contribution in [-0.2, 0) is 4.74 Å². The first-order chi connectivity index (χ1) is 12.1. The highest BCUT2D eigenvalue weighted by Crippen LogP contribution is 2.29. The normalized spacial score (nSPS) is 15.1. The fourth-order valence-electron chi connectivity index (χ4n) is 2.56. The zero-order valence-electron chi connectivity index (χ0n) is 13.6. The molecule has 1 aliphatic heterocycles. The minimum Gasteiger partial charge on any atom is -0.393 e. The Hall–Kier alpha value is -1.80. The predicted octanol–water partition coefficient (Wildman–Crippen LogP) is 2.85. The molecule has 1 aliphatic rings. The first-order valence-electron chi connectivity index (χ1n) is 7.99. The molecule has 1 fully saturated rings. The van der Waals surface area contributed by atoms with E-state index in [1.807, 2.05) is 0 Å². The van der Waals surface area contributed by atoms with Gasteiger partial charge in [-0.15, -0.1) is 0 Å². The molecule has 1 aromatic heterocycles. The summed E-state index contributed by atoms with van der Waals surface area (Å²) in [5.41, 5.74) is 7.33. The van der Waals surface area contributed by atoms with Gasteiger partial charge in [0.05, 0.1) is 13.2 Å². The van der Waals surface area contributed by atoms with Gasteiger partial charge in [0, 0.05) is 41.9 Å². The molecule has 2 heterocycles. The van der Waals surface area contributed by atoms with Gasteiger partial charge in [-0.25, -0.2) is 9.97 Å². The largest absolute Gasteiger partial charge is 0.393 e. The number of anilines is 4. The Kier molecular flexibility index (Phi) is 6.14. The lowest BCUT2D eigenvalue weighted by atomic mass is 10.3. The summed E-state index contributed by atoms with van der Waals surface area (Å²) < 4.78 is 5.34. The average Bonchev–Trinajstić information content (AvgIpc) is 2.58. The summed E-state index contributed by atoms with van der Waals surface area (Å²) in [5, 5.41) is 7.45. The summed E-state index contributed by atoms with van der Waals surface area (Å²) in [5.74, 6) is 1.10. The number of nitrogen functional groups attached to an aromatic ring is 1. The van der Waals surface area contributed by atoms with Crippen LogP contribution in [0.4, 0.5) is 23.0 Å². The molecule has 0 bridgehead atoms. The number of nitrogens with zero attached hydrogens (tertiary/aromatic N) is 3. The van der Waals surface area contributed by atoms with Crippen molar-refractivity contribution in [2.45, 2.75) is 0 Å². The molecule has 0 radical (unpaired) electrons. The fraction of sp³-hybridized carbons (Fsp3) is 0.375. The van der Waals surface area contributed by atoms with E-state index in [0.717, 1.165) is 39.4 Å². The number of morpholine rings is 1. The van der Waals surface area contributed by atoms with E-state index in [-0.39, 0.29) is 0 Å². The maximum Gasteiger partial charge on any atom is 0.159 e. The Bertz CT molecular complexity index is 704. The van der Waals surface area contributed by atoms with Gasteiger partial charge in [0.15, 0.2) is 11.6 Å². The van der Waals surface area contributed by atoms with Crippen molar-refractivity contribution in [2.24, 2.45) is 0 Å². The third-order valence-electron chi connectivity index (χ3n) is 3.83. The highest BCUT2D eigenvalue weighted by Gasteiger charge is 2.12. The number of hydrogen-bond donors (Lipinski definition) is 3. The second-order valence-corrected chi connectivity index (χ2v) is 6.52. The van der Waals surface area contributed by atoms with Crippen molar-refractivity contribution in [1.82, 2.24) is 14.9 Å². The predicted molar refractivity (Wildman–Crippen MR) is 102 cm³/mol. The van der Waals surface area contributed by atoms with Crippen LogP contribution in [0.1, 0.15) is 0 Å². The smallest absolute Gasteiger partial charge is 0.159 e. The Morgan fingerprint density at radius 3 is 2.48 bits per heavy atom. The van der Waals surface area contributed by atoms with Gasteiger partial charge in [-0.1, -0.05) is 23.2 Å². The molecule has 1 saturated heterocycles. The molecular weight excluding hydrogens is 363 g/mol. The minimum absolute atomic E-state index is 0.445. The molecule has 0 atom stereocenters. The minimum atomic E-state index is 0.445. The van der Waals surface area contributed by atoms with E-state index < -0.39 is 0 Å². The summed E-state index contributed by atoms with van der Waals surface area (Å²) in [4.78, 5) is 10.7. The summed E-state index contributed by atoms with van der Waals surface area (Å²) in [6, 6.07) is 5.16. The third kappa shape index (κ3) is 5.09. The van der Waals surface area contributed by atoms with Gasteiger partial charge in [0.2, 0.25) is 0 Å². The molecule has 2 aromatic rings. The maximum absolute atomic E-state index is 6.18. The van der Waals surface area contributed by atoms with E-state index in [2.05, 4.69) is 25.5 Å². The number of nitrogens with one attached hydrogen (secondary N) is 2. The number of ether oxygens (including phenoxy) is 1. The van der Waals surface area contributed by atoms with Crippen LogP contribution in [0, 0.1) is 0 Å².